The lowest BCUT2D eigenvalue weighted by molar-refractivity contribution is 0.628. The normalized spacial score (nSPS) is 11.5. The molecule has 6 aromatic rings. The molecule has 0 saturated heterocycles. The largest absolute Gasteiger partial charge is 0.353 e. The Labute approximate surface area is 189 Å². The standard InChI is InChI=1S/C27H20FN5/c1-2-16-12-18(15-29-14-16)22-10-11-24-26(31-22)27(33-32-24)25-13-21-20(4-3-5-23(21)30-25)17-6-8-19(28)9-7-17/h3-15,30H,2H2,1H3,(H,32,33). The van der Waals surface area contributed by atoms with Gasteiger partial charge in [0.05, 0.1) is 16.9 Å². The maximum absolute atomic E-state index is 13.4. The maximum atomic E-state index is 13.4. The molecule has 0 fully saturated rings. The van der Waals surface area contributed by atoms with Crippen LogP contribution in [0.3, 0.4) is 0 Å². The van der Waals surface area contributed by atoms with Gasteiger partial charge in [0.15, 0.2) is 0 Å². The van der Waals surface area contributed by atoms with Crippen molar-refractivity contribution in [3.05, 3.63) is 90.5 Å². The van der Waals surface area contributed by atoms with E-state index in [-0.39, 0.29) is 5.82 Å². The summed E-state index contributed by atoms with van der Waals surface area (Å²) in [6.07, 6.45) is 4.64. The Balaban J connectivity index is 1.48. The summed E-state index contributed by atoms with van der Waals surface area (Å²) in [5.74, 6) is -0.245. The monoisotopic (exact) mass is 433 g/mol. The second-order valence-corrected chi connectivity index (χ2v) is 8.06. The van der Waals surface area contributed by atoms with Gasteiger partial charge >= 0.3 is 0 Å². The van der Waals surface area contributed by atoms with Gasteiger partial charge in [0.25, 0.3) is 0 Å². The molecular weight excluding hydrogens is 413 g/mol. The Bertz CT molecular complexity index is 1610. The molecule has 5 nitrogen and oxygen atoms in total. The summed E-state index contributed by atoms with van der Waals surface area (Å²) in [5.41, 5.74) is 9.28. The number of halogens is 1. The minimum absolute atomic E-state index is 0.245. The Morgan fingerprint density at radius 1 is 0.879 bits per heavy atom. The molecule has 160 valence electrons. The number of aryl methyl sites for hydroxylation is 1. The van der Waals surface area contributed by atoms with Crippen LogP contribution in [0.15, 0.2) is 79.1 Å². The topological polar surface area (TPSA) is 70.2 Å². The van der Waals surface area contributed by atoms with E-state index < -0.39 is 0 Å². The minimum Gasteiger partial charge on any atom is -0.353 e. The van der Waals surface area contributed by atoms with Crippen LogP contribution in [-0.2, 0) is 6.42 Å². The molecule has 4 aromatic heterocycles. The lowest BCUT2D eigenvalue weighted by atomic mass is 10.0. The van der Waals surface area contributed by atoms with Gasteiger partial charge in [-0.1, -0.05) is 31.2 Å². The van der Waals surface area contributed by atoms with Crippen molar-refractivity contribution in [2.45, 2.75) is 13.3 Å². The molecule has 0 bridgehead atoms. The summed E-state index contributed by atoms with van der Waals surface area (Å²) in [5, 5.41) is 8.70. The summed E-state index contributed by atoms with van der Waals surface area (Å²) < 4.78 is 13.4. The lowest BCUT2D eigenvalue weighted by Gasteiger charge is -2.03. The Morgan fingerprint density at radius 3 is 2.61 bits per heavy atom. The highest BCUT2D eigenvalue weighted by molar-refractivity contribution is 6.00. The first-order chi connectivity index (χ1) is 16.2. The molecule has 0 radical (unpaired) electrons. The van der Waals surface area contributed by atoms with Gasteiger partial charge in [0.1, 0.15) is 17.0 Å². The van der Waals surface area contributed by atoms with E-state index in [0.29, 0.717) is 0 Å². The van der Waals surface area contributed by atoms with Crippen molar-refractivity contribution in [3.8, 4) is 33.8 Å². The van der Waals surface area contributed by atoms with Crippen LogP contribution in [-0.4, -0.2) is 25.1 Å². The molecule has 0 spiro atoms. The van der Waals surface area contributed by atoms with Gasteiger partial charge in [-0.3, -0.25) is 10.1 Å². The van der Waals surface area contributed by atoms with Crippen LogP contribution >= 0.6 is 0 Å². The first-order valence-electron chi connectivity index (χ1n) is 10.9. The average molecular weight is 433 g/mol. The number of hydrogen-bond acceptors (Lipinski definition) is 3. The van der Waals surface area contributed by atoms with E-state index in [4.69, 9.17) is 4.98 Å². The summed E-state index contributed by atoms with van der Waals surface area (Å²) in [4.78, 5) is 12.8. The van der Waals surface area contributed by atoms with Crippen LogP contribution < -0.4 is 0 Å². The van der Waals surface area contributed by atoms with Crippen molar-refractivity contribution in [2.75, 3.05) is 0 Å². The van der Waals surface area contributed by atoms with E-state index >= 15 is 0 Å². The number of aromatic nitrogens is 5. The fourth-order valence-corrected chi connectivity index (χ4v) is 4.23. The van der Waals surface area contributed by atoms with Gasteiger partial charge in [-0.15, -0.1) is 0 Å². The molecule has 0 aliphatic rings. The Kier molecular flexibility index (Phi) is 4.50. The Morgan fingerprint density at radius 2 is 1.76 bits per heavy atom. The van der Waals surface area contributed by atoms with Crippen molar-refractivity contribution in [1.29, 1.82) is 0 Å². The second-order valence-electron chi connectivity index (χ2n) is 8.06. The van der Waals surface area contributed by atoms with Crippen LogP contribution in [0.5, 0.6) is 0 Å². The number of nitrogens with zero attached hydrogens (tertiary/aromatic N) is 3. The predicted molar refractivity (Wildman–Crippen MR) is 129 cm³/mol. The van der Waals surface area contributed by atoms with Gasteiger partial charge in [-0.25, -0.2) is 9.37 Å². The third-order valence-electron chi connectivity index (χ3n) is 5.98. The van der Waals surface area contributed by atoms with E-state index in [2.05, 4.69) is 39.2 Å². The summed E-state index contributed by atoms with van der Waals surface area (Å²) in [6, 6.07) is 20.8. The van der Waals surface area contributed by atoms with Crippen molar-refractivity contribution in [1.82, 2.24) is 25.1 Å². The highest BCUT2D eigenvalue weighted by Gasteiger charge is 2.15. The van der Waals surface area contributed by atoms with Crippen LogP contribution in [0, 0.1) is 5.82 Å². The third-order valence-corrected chi connectivity index (χ3v) is 5.98. The Hall–Kier alpha value is -4.32. The van der Waals surface area contributed by atoms with E-state index in [1.165, 1.54) is 17.7 Å². The molecule has 2 aromatic carbocycles. The summed E-state index contributed by atoms with van der Waals surface area (Å²) in [7, 11) is 0. The van der Waals surface area contributed by atoms with Gasteiger partial charge in [-0.2, -0.15) is 5.10 Å². The summed E-state index contributed by atoms with van der Waals surface area (Å²) in [6.45, 7) is 2.11. The second kappa shape index (κ2) is 7.67. The van der Waals surface area contributed by atoms with Crippen LogP contribution in [0.2, 0.25) is 0 Å². The average Bonchev–Trinajstić information content (AvgIpc) is 3.48. The third kappa shape index (κ3) is 3.36. The molecule has 33 heavy (non-hydrogen) atoms. The van der Waals surface area contributed by atoms with Gasteiger partial charge in [-0.05, 0) is 65.6 Å². The number of rotatable bonds is 4. The summed E-state index contributed by atoms with van der Waals surface area (Å²) >= 11 is 0. The first-order valence-corrected chi connectivity index (χ1v) is 10.9. The van der Waals surface area contributed by atoms with Crippen LogP contribution in [0.4, 0.5) is 4.39 Å². The maximum Gasteiger partial charge on any atom is 0.135 e. The number of hydrogen-bond donors (Lipinski definition) is 2. The van der Waals surface area contributed by atoms with Crippen LogP contribution in [0.25, 0.3) is 55.7 Å². The van der Waals surface area contributed by atoms with Crippen molar-refractivity contribution < 1.29 is 4.39 Å². The van der Waals surface area contributed by atoms with Crippen molar-refractivity contribution in [2.24, 2.45) is 0 Å². The van der Waals surface area contributed by atoms with Crippen molar-refractivity contribution in [3.63, 3.8) is 0 Å². The SMILES string of the molecule is CCc1cncc(-c2ccc3[nH]nc(-c4cc5c(-c6ccc(F)cc6)cccc5[nH]4)c3n2)c1. The number of aromatic amines is 2. The number of nitrogens with one attached hydrogen (secondary N) is 2. The molecule has 2 N–H and O–H groups in total. The molecule has 0 amide bonds. The zero-order valence-electron chi connectivity index (χ0n) is 17.9. The smallest absolute Gasteiger partial charge is 0.135 e. The minimum atomic E-state index is -0.245. The zero-order chi connectivity index (χ0) is 22.4. The predicted octanol–water partition coefficient (Wildman–Crippen LogP) is 6.54. The molecule has 0 saturated carbocycles. The number of pyridine rings is 2. The van der Waals surface area contributed by atoms with Gasteiger partial charge in [0, 0.05) is 28.9 Å². The van der Waals surface area contributed by atoms with E-state index in [1.807, 2.05) is 42.7 Å². The molecule has 4 heterocycles. The number of benzene rings is 2. The van der Waals surface area contributed by atoms with Gasteiger partial charge < -0.3 is 4.98 Å². The molecule has 6 heteroatoms. The van der Waals surface area contributed by atoms with E-state index in [9.17, 15) is 4.39 Å². The highest BCUT2D eigenvalue weighted by Crippen LogP contribution is 2.34. The molecule has 0 aliphatic heterocycles. The fraction of sp³-hybridized carbons (Fsp3) is 0.0741. The number of H-pyrrole nitrogens is 2. The van der Waals surface area contributed by atoms with Gasteiger partial charge in [0.2, 0.25) is 0 Å². The zero-order valence-corrected chi connectivity index (χ0v) is 17.9. The molecule has 0 atom stereocenters. The first kappa shape index (κ1) is 19.4. The molecule has 6 rings (SSSR count). The van der Waals surface area contributed by atoms with E-state index in [0.717, 1.165) is 62.1 Å². The molecular formula is C27H20FN5. The molecule has 0 unspecified atom stereocenters. The van der Waals surface area contributed by atoms with Crippen LogP contribution in [0.1, 0.15) is 12.5 Å². The van der Waals surface area contributed by atoms with E-state index in [1.54, 1.807) is 12.1 Å². The van der Waals surface area contributed by atoms with Crippen molar-refractivity contribution >= 4 is 21.9 Å². The molecule has 0 aliphatic carbocycles. The highest BCUT2D eigenvalue weighted by atomic mass is 19.1. The fourth-order valence-electron chi connectivity index (χ4n) is 4.23. The number of fused-ring (bicyclic) bond motifs is 2. The lowest BCUT2D eigenvalue weighted by Crippen LogP contribution is -1.89. The quantitative estimate of drug-likeness (QED) is 0.332.